The lowest BCUT2D eigenvalue weighted by molar-refractivity contribution is -0.132. The van der Waals surface area contributed by atoms with Crippen molar-refractivity contribution in [2.75, 3.05) is 4.90 Å². The van der Waals surface area contributed by atoms with Crippen LogP contribution in [-0.2, 0) is 14.4 Å². The molecule has 1 saturated heterocycles. The van der Waals surface area contributed by atoms with Crippen LogP contribution in [0.5, 0.6) is 5.75 Å². The van der Waals surface area contributed by atoms with Crippen molar-refractivity contribution >= 4 is 35.1 Å². The van der Waals surface area contributed by atoms with Crippen molar-refractivity contribution in [3.63, 3.8) is 0 Å². The minimum absolute atomic E-state index is 0.226. The van der Waals surface area contributed by atoms with E-state index in [2.05, 4.69) is 0 Å². The van der Waals surface area contributed by atoms with Crippen molar-refractivity contribution in [1.82, 2.24) is 0 Å². The van der Waals surface area contributed by atoms with Crippen LogP contribution in [0, 0.1) is 11.8 Å². The number of esters is 1. The number of carbonyl (C=O) groups excluding carboxylic acids is 3. The second-order valence-electron chi connectivity index (χ2n) is 5.41. The number of benzene rings is 1. The van der Waals surface area contributed by atoms with E-state index in [-0.39, 0.29) is 17.7 Å². The molecule has 0 saturated carbocycles. The van der Waals surface area contributed by atoms with Gasteiger partial charge in [-0.05, 0) is 25.0 Å². The van der Waals surface area contributed by atoms with E-state index in [1.54, 1.807) is 24.3 Å². The van der Waals surface area contributed by atoms with Crippen molar-refractivity contribution in [1.29, 1.82) is 0 Å². The molecule has 0 aromatic heterocycles. The normalized spacial score (nSPS) is 24.1. The Kier molecular flexibility index (Phi) is 3.74. The molecule has 3 rings (SSSR count). The van der Waals surface area contributed by atoms with Crippen LogP contribution in [0.25, 0.3) is 0 Å². The minimum Gasteiger partial charge on any atom is -0.427 e. The molecule has 1 aromatic rings. The fourth-order valence-corrected chi connectivity index (χ4v) is 3.19. The first-order valence-corrected chi connectivity index (χ1v) is 7.36. The average molecular weight is 320 g/mol. The summed E-state index contributed by atoms with van der Waals surface area (Å²) in [6, 6.07) is 6.40. The first-order chi connectivity index (χ1) is 10.5. The Bertz CT molecular complexity index is 697. The molecule has 5 nitrogen and oxygen atoms in total. The highest BCUT2D eigenvalue weighted by Crippen LogP contribution is 2.41. The fourth-order valence-electron chi connectivity index (χ4n) is 2.93. The monoisotopic (exact) mass is 319 g/mol. The van der Waals surface area contributed by atoms with Crippen LogP contribution in [0.15, 0.2) is 35.4 Å². The molecule has 114 valence electrons. The number of halogens is 1. The van der Waals surface area contributed by atoms with Crippen molar-refractivity contribution in [3.8, 4) is 5.75 Å². The molecule has 0 radical (unpaired) electrons. The van der Waals surface area contributed by atoms with E-state index >= 15 is 0 Å². The van der Waals surface area contributed by atoms with Gasteiger partial charge in [0.15, 0.2) is 0 Å². The maximum absolute atomic E-state index is 12.5. The van der Waals surface area contributed by atoms with Gasteiger partial charge in [0.25, 0.3) is 0 Å². The minimum atomic E-state index is -0.458. The molecule has 2 aliphatic rings. The average Bonchev–Trinajstić information content (AvgIpc) is 2.70. The highest BCUT2D eigenvalue weighted by molar-refractivity contribution is 6.30. The fraction of sp³-hybridized carbons (Fsp3) is 0.312. The smallest absolute Gasteiger partial charge is 0.308 e. The van der Waals surface area contributed by atoms with Crippen molar-refractivity contribution in [3.05, 3.63) is 35.4 Å². The molecule has 0 spiro atoms. The molecular formula is C16H14ClNO4. The van der Waals surface area contributed by atoms with Gasteiger partial charge < -0.3 is 4.74 Å². The summed E-state index contributed by atoms with van der Waals surface area (Å²) < 4.78 is 5.00. The molecule has 1 aromatic carbocycles. The third-order valence-electron chi connectivity index (χ3n) is 3.91. The second kappa shape index (κ2) is 5.57. The van der Waals surface area contributed by atoms with Gasteiger partial charge in [0.05, 0.1) is 17.5 Å². The summed E-state index contributed by atoms with van der Waals surface area (Å²) in [5.74, 6) is -1.39. The zero-order valence-electron chi connectivity index (χ0n) is 11.9. The third-order valence-corrected chi connectivity index (χ3v) is 4.22. The van der Waals surface area contributed by atoms with Crippen molar-refractivity contribution in [2.45, 2.75) is 19.8 Å². The number of rotatable bonds is 2. The van der Waals surface area contributed by atoms with Crippen LogP contribution in [0.1, 0.15) is 19.8 Å². The highest BCUT2D eigenvalue weighted by Gasteiger charge is 2.49. The maximum atomic E-state index is 12.5. The molecule has 0 unspecified atom stereocenters. The Hall–Kier alpha value is -2.14. The number of fused-ring (bicyclic) bond motifs is 1. The third kappa shape index (κ3) is 2.52. The Morgan fingerprint density at radius 1 is 1.27 bits per heavy atom. The number of hydrogen-bond donors (Lipinski definition) is 0. The molecule has 1 heterocycles. The predicted molar refractivity (Wildman–Crippen MR) is 80.4 cm³/mol. The maximum Gasteiger partial charge on any atom is 0.308 e. The van der Waals surface area contributed by atoms with Gasteiger partial charge in [0, 0.05) is 18.0 Å². The van der Waals surface area contributed by atoms with E-state index < -0.39 is 11.9 Å². The molecule has 0 bridgehead atoms. The Morgan fingerprint density at radius 2 is 2.00 bits per heavy atom. The number of allylic oxidation sites excluding steroid dienone is 2. The van der Waals surface area contributed by atoms with Gasteiger partial charge in [-0.25, -0.2) is 4.90 Å². The molecule has 2 amide bonds. The molecular weight excluding hydrogens is 306 g/mol. The molecule has 2 atom stereocenters. The molecule has 1 aliphatic carbocycles. The van der Waals surface area contributed by atoms with E-state index in [4.69, 9.17) is 16.3 Å². The SMILES string of the molecule is CC(=O)Oc1cccc(N2C(=O)[C@H]3CC=C(Cl)C[C@H]3C2=O)c1. The topological polar surface area (TPSA) is 63.7 Å². The van der Waals surface area contributed by atoms with E-state index in [1.165, 1.54) is 17.9 Å². The Labute approximate surface area is 132 Å². The summed E-state index contributed by atoms with van der Waals surface area (Å²) in [4.78, 5) is 37.3. The van der Waals surface area contributed by atoms with Gasteiger partial charge in [-0.2, -0.15) is 0 Å². The van der Waals surface area contributed by atoms with Crippen LogP contribution < -0.4 is 9.64 Å². The number of hydrogen-bond acceptors (Lipinski definition) is 4. The molecule has 1 fully saturated rings. The predicted octanol–water partition coefficient (Wildman–Crippen LogP) is 2.63. The zero-order chi connectivity index (χ0) is 15.9. The van der Waals surface area contributed by atoms with Gasteiger partial charge >= 0.3 is 5.97 Å². The summed E-state index contributed by atoms with van der Waals surface area (Å²) in [5, 5.41) is 0.623. The lowest BCUT2D eigenvalue weighted by atomic mass is 9.85. The van der Waals surface area contributed by atoms with Gasteiger partial charge in [0.2, 0.25) is 11.8 Å². The van der Waals surface area contributed by atoms with Gasteiger partial charge in [-0.3, -0.25) is 14.4 Å². The number of carbonyl (C=O) groups is 3. The first kappa shape index (κ1) is 14.8. The van der Waals surface area contributed by atoms with Crippen molar-refractivity contribution < 1.29 is 19.1 Å². The summed E-state index contributed by atoms with van der Waals surface area (Å²) in [7, 11) is 0. The van der Waals surface area contributed by atoms with Crippen LogP contribution in [0.4, 0.5) is 5.69 Å². The lowest BCUT2D eigenvalue weighted by Gasteiger charge is -2.17. The summed E-state index contributed by atoms with van der Waals surface area (Å²) >= 11 is 5.99. The number of ether oxygens (including phenoxy) is 1. The van der Waals surface area contributed by atoms with Gasteiger partial charge in [-0.1, -0.05) is 23.7 Å². The Balaban J connectivity index is 1.91. The summed E-state index contributed by atoms with van der Waals surface area (Å²) in [5.41, 5.74) is 0.416. The number of anilines is 1. The largest absolute Gasteiger partial charge is 0.427 e. The number of amides is 2. The van der Waals surface area contributed by atoms with E-state index in [9.17, 15) is 14.4 Å². The second-order valence-corrected chi connectivity index (χ2v) is 5.89. The standard InChI is InChI=1S/C16H14ClNO4/c1-9(19)22-12-4-2-3-11(8-12)18-15(20)13-6-5-10(17)7-14(13)16(18)21/h2-5,8,13-14H,6-7H2,1H3/t13-,14+/m0/s1. The quantitative estimate of drug-likeness (QED) is 0.477. The zero-order valence-corrected chi connectivity index (χ0v) is 12.7. The molecule has 0 N–H and O–H groups in total. The number of imide groups is 1. The number of nitrogens with zero attached hydrogens (tertiary/aromatic N) is 1. The van der Waals surface area contributed by atoms with Gasteiger partial charge in [0.1, 0.15) is 5.75 Å². The van der Waals surface area contributed by atoms with Crippen LogP contribution >= 0.6 is 11.6 Å². The summed E-state index contributed by atoms with van der Waals surface area (Å²) in [6.45, 7) is 1.29. The van der Waals surface area contributed by atoms with Crippen LogP contribution in [-0.4, -0.2) is 17.8 Å². The van der Waals surface area contributed by atoms with Gasteiger partial charge in [-0.15, -0.1) is 0 Å². The highest BCUT2D eigenvalue weighted by atomic mass is 35.5. The molecule has 22 heavy (non-hydrogen) atoms. The van der Waals surface area contributed by atoms with E-state index in [1.807, 2.05) is 0 Å². The van der Waals surface area contributed by atoms with E-state index in [0.717, 1.165) is 0 Å². The van der Waals surface area contributed by atoms with E-state index in [0.29, 0.717) is 29.3 Å². The van der Waals surface area contributed by atoms with Crippen LogP contribution in [0.3, 0.4) is 0 Å². The lowest BCUT2D eigenvalue weighted by Crippen LogP contribution is -2.30. The summed E-state index contributed by atoms with van der Waals surface area (Å²) in [6.07, 6.45) is 2.68. The first-order valence-electron chi connectivity index (χ1n) is 6.98. The Morgan fingerprint density at radius 3 is 2.73 bits per heavy atom. The molecule has 6 heteroatoms. The van der Waals surface area contributed by atoms with Crippen molar-refractivity contribution in [2.24, 2.45) is 11.8 Å². The van der Waals surface area contributed by atoms with Crippen LogP contribution in [0.2, 0.25) is 0 Å². The molecule has 1 aliphatic heterocycles.